The summed E-state index contributed by atoms with van der Waals surface area (Å²) >= 11 is 0. The molecule has 1 fully saturated rings. The van der Waals surface area contributed by atoms with E-state index in [1.807, 2.05) is 0 Å². The zero-order valence-corrected chi connectivity index (χ0v) is 11.7. The number of nitrogens with zero attached hydrogens (tertiary/aromatic N) is 2. The normalized spacial score (nSPS) is 16.2. The van der Waals surface area contributed by atoms with Gasteiger partial charge in [-0.1, -0.05) is 25.8 Å². The molecule has 2 amide bonds. The first kappa shape index (κ1) is 14.7. The SMILES string of the molecule is C=C(C)N(CC(=O)C1CCCCC1)C(=O)N(C)C. The fourth-order valence-corrected chi connectivity index (χ4v) is 2.32. The largest absolute Gasteiger partial charge is 0.330 e. The molecular weight excluding hydrogens is 228 g/mol. The van der Waals surface area contributed by atoms with Crippen LogP contribution in [0.1, 0.15) is 39.0 Å². The van der Waals surface area contributed by atoms with Gasteiger partial charge < -0.3 is 4.90 Å². The third-order valence-corrected chi connectivity index (χ3v) is 3.45. The first-order valence-corrected chi connectivity index (χ1v) is 6.60. The van der Waals surface area contributed by atoms with Crippen LogP contribution in [0.25, 0.3) is 0 Å². The number of carbonyl (C=O) groups is 2. The Labute approximate surface area is 110 Å². The molecule has 0 aliphatic heterocycles. The summed E-state index contributed by atoms with van der Waals surface area (Å²) in [6, 6.07) is -0.174. The first-order valence-electron chi connectivity index (χ1n) is 6.60. The van der Waals surface area contributed by atoms with Gasteiger partial charge in [0.05, 0.1) is 6.54 Å². The summed E-state index contributed by atoms with van der Waals surface area (Å²) in [5.41, 5.74) is 0.623. The van der Waals surface area contributed by atoms with Crippen LogP contribution in [0.2, 0.25) is 0 Å². The second kappa shape index (κ2) is 6.57. The molecule has 0 radical (unpaired) electrons. The molecule has 0 atom stereocenters. The highest BCUT2D eigenvalue weighted by molar-refractivity contribution is 5.87. The Morgan fingerprint density at radius 3 is 2.17 bits per heavy atom. The number of amides is 2. The van der Waals surface area contributed by atoms with Crippen molar-refractivity contribution in [2.24, 2.45) is 5.92 Å². The van der Waals surface area contributed by atoms with E-state index in [0.29, 0.717) is 5.70 Å². The average Bonchev–Trinajstić information content (AvgIpc) is 2.35. The van der Waals surface area contributed by atoms with Crippen molar-refractivity contribution in [2.75, 3.05) is 20.6 Å². The maximum absolute atomic E-state index is 12.2. The Bertz CT molecular complexity index is 331. The van der Waals surface area contributed by atoms with E-state index in [-0.39, 0.29) is 24.3 Å². The van der Waals surface area contributed by atoms with Crippen molar-refractivity contribution in [3.05, 3.63) is 12.3 Å². The van der Waals surface area contributed by atoms with Gasteiger partial charge in [-0.25, -0.2) is 4.79 Å². The number of carbonyl (C=O) groups excluding carboxylic acids is 2. The topological polar surface area (TPSA) is 40.6 Å². The molecule has 4 heteroatoms. The van der Waals surface area contributed by atoms with Gasteiger partial charge in [-0.05, 0) is 19.8 Å². The van der Waals surface area contributed by atoms with E-state index in [2.05, 4.69) is 6.58 Å². The smallest absolute Gasteiger partial charge is 0.324 e. The van der Waals surface area contributed by atoms with Crippen LogP contribution >= 0.6 is 0 Å². The van der Waals surface area contributed by atoms with E-state index in [1.54, 1.807) is 21.0 Å². The van der Waals surface area contributed by atoms with Gasteiger partial charge in [0.1, 0.15) is 0 Å². The molecule has 1 aliphatic carbocycles. The standard InChI is InChI=1S/C14H24N2O2/c1-11(2)16(14(18)15(3)4)10-13(17)12-8-6-5-7-9-12/h12H,1,5-10H2,2-4H3. The Morgan fingerprint density at radius 1 is 1.17 bits per heavy atom. The lowest BCUT2D eigenvalue weighted by Gasteiger charge is -2.28. The van der Waals surface area contributed by atoms with E-state index in [9.17, 15) is 9.59 Å². The highest BCUT2D eigenvalue weighted by Gasteiger charge is 2.25. The zero-order chi connectivity index (χ0) is 13.7. The lowest BCUT2D eigenvalue weighted by atomic mass is 9.86. The average molecular weight is 252 g/mol. The predicted octanol–water partition coefficient (Wildman–Crippen LogP) is 2.65. The van der Waals surface area contributed by atoms with Crippen molar-refractivity contribution in [1.82, 2.24) is 9.80 Å². The molecule has 1 aliphatic rings. The van der Waals surface area contributed by atoms with Crippen molar-refractivity contribution in [1.29, 1.82) is 0 Å². The second-order valence-electron chi connectivity index (χ2n) is 5.30. The molecule has 0 unspecified atom stereocenters. The first-order chi connectivity index (χ1) is 8.43. The monoisotopic (exact) mass is 252 g/mol. The fraction of sp³-hybridized carbons (Fsp3) is 0.714. The quantitative estimate of drug-likeness (QED) is 0.771. The van der Waals surface area contributed by atoms with E-state index < -0.39 is 0 Å². The van der Waals surface area contributed by atoms with Crippen molar-refractivity contribution in [3.8, 4) is 0 Å². The van der Waals surface area contributed by atoms with Crippen LogP contribution in [0.3, 0.4) is 0 Å². The van der Waals surface area contributed by atoms with Crippen LogP contribution in [0.5, 0.6) is 0 Å². The summed E-state index contributed by atoms with van der Waals surface area (Å²) < 4.78 is 0. The van der Waals surface area contributed by atoms with Crippen LogP contribution in [0.15, 0.2) is 12.3 Å². The number of hydrogen-bond donors (Lipinski definition) is 0. The van der Waals surface area contributed by atoms with Crippen LogP contribution in [0, 0.1) is 5.92 Å². The van der Waals surface area contributed by atoms with Gasteiger partial charge in [0, 0.05) is 25.7 Å². The summed E-state index contributed by atoms with van der Waals surface area (Å²) in [4.78, 5) is 27.1. The van der Waals surface area contributed by atoms with Crippen LogP contribution in [0.4, 0.5) is 4.79 Å². The number of urea groups is 1. The van der Waals surface area contributed by atoms with Crippen molar-refractivity contribution < 1.29 is 9.59 Å². The lowest BCUT2D eigenvalue weighted by molar-refractivity contribution is -0.124. The highest BCUT2D eigenvalue weighted by atomic mass is 16.2. The molecule has 0 bridgehead atoms. The molecule has 0 aromatic carbocycles. The minimum atomic E-state index is -0.174. The summed E-state index contributed by atoms with van der Waals surface area (Å²) in [6.07, 6.45) is 5.43. The summed E-state index contributed by atoms with van der Waals surface area (Å²) in [7, 11) is 3.37. The maximum Gasteiger partial charge on any atom is 0.324 e. The van der Waals surface area contributed by atoms with Gasteiger partial charge in [0.2, 0.25) is 0 Å². The van der Waals surface area contributed by atoms with E-state index in [1.165, 1.54) is 16.2 Å². The van der Waals surface area contributed by atoms with Crippen LogP contribution in [-0.2, 0) is 4.79 Å². The van der Waals surface area contributed by atoms with Crippen molar-refractivity contribution in [2.45, 2.75) is 39.0 Å². The molecule has 0 aromatic heterocycles. The molecule has 0 aromatic rings. The van der Waals surface area contributed by atoms with E-state index in [0.717, 1.165) is 25.7 Å². The van der Waals surface area contributed by atoms with Crippen LogP contribution < -0.4 is 0 Å². The Balaban J connectivity index is 2.63. The maximum atomic E-state index is 12.2. The third-order valence-electron chi connectivity index (χ3n) is 3.45. The predicted molar refractivity (Wildman–Crippen MR) is 72.2 cm³/mol. The van der Waals surface area contributed by atoms with Gasteiger partial charge in [-0.2, -0.15) is 0 Å². The zero-order valence-electron chi connectivity index (χ0n) is 11.7. The number of hydrogen-bond acceptors (Lipinski definition) is 2. The van der Waals surface area contributed by atoms with Crippen LogP contribution in [-0.4, -0.2) is 42.3 Å². The van der Waals surface area contributed by atoms with Gasteiger partial charge in [-0.3, -0.25) is 9.69 Å². The summed E-state index contributed by atoms with van der Waals surface area (Å²) in [6.45, 7) is 5.71. The van der Waals surface area contributed by atoms with Gasteiger partial charge in [0.25, 0.3) is 0 Å². The third kappa shape index (κ3) is 3.86. The molecule has 0 N–H and O–H groups in total. The Morgan fingerprint density at radius 2 is 1.72 bits per heavy atom. The fourth-order valence-electron chi connectivity index (χ4n) is 2.32. The lowest BCUT2D eigenvalue weighted by Crippen LogP contribution is -2.42. The highest BCUT2D eigenvalue weighted by Crippen LogP contribution is 2.25. The minimum Gasteiger partial charge on any atom is -0.330 e. The number of rotatable bonds is 4. The molecule has 1 rings (SSSR count). The van der Waals surface area contributed by atoms with E-state index >= 15 is 0 Å². The summed E-state index contributed by atoms with van der Waals surface area (Å²) in [5, 5.41) is 0. The van der Waals surface area contributed by atoms with E-state index in [4.69, 9.17) is 0 Å². The molecule has 0 spiro atoms. The molecular formula is C14H24N2O2. The number of ketones is 1. The number of allylic oxidation sites excluding steroid dienone is 1. The molecule has 0 saturated heterocycles. The Kier molecular flexibility index (Phi) is 5.38. The second-order valence-corrected chi connectivity index (χ2v) is 5.30. The molecule has 102 valence electrons. The van der Waals surface area contributed by atoms with Gasteiger partial charge in [0.15, 0.2) is 5.78 Å². The van der Waals surface area contributed by atoms with Gasteiger partial charge in [-0.15, -0.1) is 0 Å². The van der Waals surface area contributed by atoms with Crippen molar-refractivity contribution >= 4 is 11.8 Å². The van der Waals surface area contributed by atoms with Gasteiger partial charge >= 0.3 is 6.03 Å². The molecule has 18 heavy (non-hydrogen) atoms. The molecule has 1 saturated carbocycles. The summed E-state index contributed by atoms with van der Waals surface area (Å²) in [5.74, 6) is 0.309. The number of Topliss-reactive ketones (excluding diaryl/α,β-unsaturated/α-hetero) is 1. The minimum absolute atomic E-state index is 0.135. The molecule has 0 heterocycles. The Hall–Kier alpha value is -1.32. The van der Waals surface area contributed by atoms with Crippen molar-refractivity contribution in [3.63, 3.8) is 0 Å². The molecule has 4 nitrogen and oxygen atoms in total.